The van der Waals surface area contributed by atoms with Crippen LogP contribution in [0.25, 0.3) is 0 Å². The molecule has 122 valence electrons. The minimum Gasteiger partial charge on any atom is -0.340 e. The number of amides is 1. The summed E-state index contributed by atoms with van der Waals surface area (Å²) in [5, 5.41) is 3.27. The molecule has 1 N–H and O–H groups in total. The van der Waals surface area contributed by atoms with Gasteiger partial charge in [-0.3, -0.25) is 4.79 Å². The number of hydrogen-bond donors (Lipinski definition) is 1. The summed E-state index contributed by atoms with van der Waals surface area (Å²) in [5.41, 5.74) is 0. The van der Waals surface area contributed by atoms with Crippen molar-refractivity contribution in [1.29, 1.82) is 0 Å². The van der Waals surface area contributed by atoms with E-state index in [-0.39, 0.29) is 22.6 Å². The molecule has 1 aliphatic heterocycles. The Balaban J connectivity index is 2.05. The number of nitrogens with one attached hydrogen (secondary N) is 1. The second-order valence-corrected chi connectivity index (χ2v) is 8.73. The molecule has 7 heteroatoms. The van der Waals surface area contributed by atoms with Crippen LogP contribution in [0.5, 0.6) is 0 Å². The topological polar surface area (TPSA) is 66.5 Å². The molecule has 5 nitrogen and oxygen atoms in total. The Morgan fingerprint density at radius 2 is 2.05 bits per heavy atom. The van der Waals surface area contributed by atoms with Crippen molar-refractivity contribution < 1.29 is 13.2 Å². The van der Waals surface area contributed by atoms with Gasteiger partial charge in [0, 0.05) is 36.1 Å². The van der Waals surface area contributed by atoms with Gasteiger partial charge in [-0.2, -0.15) is 0 Å². The van der Waals surface area contributed by atoms with Crippen LogP contribution in [0, 0.1) is 5.92 Å². The summed E-state index contributed by atoms with van der Waals surface area (Å²) >= 11 is 3.28. The van der Waals surface area contributed by atoms with Crippen LogP contribution in [0.1, 0.15) is 13.8 Å². The highest BCUT2D eigenvalue weighted by Crippen LogP contribution is 2.19. The first kappa shape index (κ1) is 17.4. The summed E-state index contributed by atoms with van der Waals surface area (Å²) in [4.78, 5) is 14.4. The fraction of sp³-hybridized carbons (Fsp3) is 0.533. The summed E-state index contributed by atoms with van der Waals surface area (Å²) in [6.07, 6.45) is 0. The van der Waals surface area contributed by atoms with E-state index < -0.39 is 15.8 Å². The number of nitrogens with zero attached hydrogens (tertiary/aromatic N) is 1. The molecule has 22 heavy (non-hydrogen) atoms. The number of benzene rings is 1. The lowest BCUT2D eigenvalue weighted by molar-refractivity contribution is -0.135. The number of rotatable bonds is 4. The molecule has 0 spiro atoms. The minimum absolute atomic E-state index is 0.0889. The Bertz CT molecular complexity index is 631. The van der Waals surface area contributed by atoms with Crippen LogP contribution in [0.15, 0.2) is 33.6 Å². The average molecular weight is 389 g/mol. The minimum atomic E-state index is -3.46. The van der Waals surface area contributed by atoms with Crippen LogP contribution in [0.4, 0.5) is 0 Å². The second kappa shape index (κ2) is 7.10. The van der Waals surface area contributed by atoms with Crippen molar-refractivity contribution in [2.24, 2.45) is 5.92 Å². The maximum Gasteiger partial charge on any atom is 0.226 e. The third kappa shape index (κ3) is 4.30. The third-order valence-corrected chi connectivity index (χ3v) is 6.20. The summed E-state index contributed by atoms with van der Waals surface area (Å²) < 4.78 is 25.6. The Morgan fingerprint density at radius 3 is 2.64 bits per heavy atom. The molecule has 1 aliphatic rings. The van der Waals surface area contributed by atoms with Crippen molar-refractivity contribution in [3.63, 3.8) is 0 Å². The Kier molecular flexibility index (Phi) is 5.63. The Hall–Kier alpha value is -0.920. The van der Waals surface area contributed by atoms with Gasteiger partial charge in [-0.15, -0.1) is 0 Å². The van der Waals surface area contributed by atoms with E-state index in [9.17, 15) is 13.2 Å². The zero-order valence-corrected chi connectivity index (χ0v) is 15.2. The largest absolute Gasteiger partial charge is 0.340 e. The van der Waals surface area contributed by atoms with Crippen molar-refractivity contribution in [3.8, 4) is 0 Å². The lowest BCUT2D eigenvalue weighted by atomic mass is 10.1. The van der Waals surface area contributed by atoms with E-state index in [1.54, 1.807) is 36.1 Å². The summed E-state index contributed by atoms with van der Waals surface area (Å²) in [5.74, 6) is -0.792. The molecular formula is C15H21BrN2O3S. The van der Waals surface area contributed by atoms with Gasteiger partial charge in [0.15, 0.2) is 9.84 Å². The number of sulfone groups is 1. The fourth-order valence-electron chi connectivity index (χ4n) is 2.58. The van der Waals surface area contributed by atoms with Crippen LogP contribution in [-0.2, 0) is 14.6 Å². The van der Waals surface area contributed by atoms with Crippen molar-refractivity contribution >= 4 is 31.7 Å². The molecule has 1 aromatic rings. The van der Waals surface area contributed by atoms with Crippen LogP contribution in [0.2, 0.25) is 0 Å². The SMILES string of the molecule is CC1CN(C(=O)C(C)CS(=O)(=O)c2ccc(Br)cc2)CCN1. The lowest BCUT2D eigenvalue weighted by Gasteiger charge is -2.33. The molecule has 0 bridgehead atoms. The van der Waals surface area contributed by atoms with Gasteiger partial charge in [0.25, 0.3) is 0 Å². The fourth-order valence-corrected chi connectivity index (χ4v) is 4.39. The molecule has 0 aliphatic carbocycles. The van der Waals surface area contributed by atoms with Crippen LogP contribution >= 0.6 is 15.9 Å². The highest BCUT2D eigenvalue weighted by Gasteiger charge is 2.28. The van der Waals surface area contributed by atoms with E-state index in [4.69, 9.17) is 0 Å². The summed E-state index contributed by atoms with van der Waals surface area (Å²) in [6.45, 7) is 5.71. The maximum atomic E-state index is 12.4. The molecule has 0 aromatic heterocycles. The quantitative estimate of drug-likeness (QED) is 0.851. The molecule has 1 saturated heterocycles. The van der Waals surface area contributed by atoms with Crippen molar-refractivity contribution in [2.45, 2.75) is 24.8 Å². The molecule has 1 fully saturated rings. The molecular weight excluding hydrogens is 368 g/mol. The third-order valence-electron chi connectivity index (χ3n) is 3.74. The lowest BCUT2D eigenvalue weighted by Crippen LogP contribution is -2.53. The van der Waals surface area contributed by atoms with Crippen molar-refractivity contribution in [2.75, 3.05) is 25.4 Å². The maximum absolute atomic E-state index is 12.4. The normalized spacial score (nSPS) is 20.7. The van der Waals surface area contributed by atoms with Crippen molar-refractivity contribution in [3.05, 3.63) is 28.7 Å². The van der Waals surface area contributed by atoms with Gasteiger partial charge in [-0.1, -0.05) is 22.9 Å². The predicted octanol–water partition coefficient (Wildman–Crippen LogP) is 1.68. The van der Waals surface area contributed by atoms with Crippen molar-refractivity contribution in [1.82, 2.24) is 10.2 Å². The highest BCUT2D eigenvalue weighted by atomic mass is 79.9. The van der Waals surface area contributed by atoms with E-state index in [2.05, 4.69) is 21.2 Å². The molecule has 2 atom stereocenters. The number of carbonyl (C=O) groups excluding carboxylic acids is 1. The monoisotopic (exact) mass is 388 g/mol. The zero-order valence-electron chi connectivity index (χ0n) is 12.8. The van der Waals surface area contributed by atoms with Gasteiger partial charge in [0.05, 0.1) is 10.6 Å². The molecule has 2 rings (SSSR count). The van der Waals surface area contributed by atoms with Gasteiger partial charge in [0.2, 0.25) is 5.91 Å². The van der Waals surface area contributed by atoms with E-state index in [1.165, 1.54) is 0 Å². The van der Waals surface area contributed by atoms with Crippen LogP contribution < -0.4 is 5.32 Å². The smallest absolute Gasteiger partial charge is 0.226 e. The summed E-state index contributed by atoms with van der Waals surface area (Å²) in [7, 11) is -3.46. The predicted molar refractivity (Wildman–Crippen MR) is 89.4 cm³/mol. The first-order chi connectivity index (χ1) is 10.3. The average Bonchev–Trinajstić information content (AvgIpc) is 2.46. The van der Waals surface area contributed by atoms with Gasteiger partial charge in [-0.25, -0.2) is 8.42 Å². The van der Waals surface area contributed by atoms with Crippen LogP contribution in [0.3, 0.4) is 0 Å². The van der Waals surface area contributed by atoms with Gasteiger partial charge in [0.1, 0.15) is 0 Å². The van der Waals surface area contributed by atoms with Crippen LogP contribution in [-0.4, -0.2) is 50.7 Å². The van der Waals surface area contributed by atoms with E-state index in [1.807, 2.05) is 6.92 Å². The molecule has 0 radical (unpaired) electrons. The molecule has 2 unspecified atom stereocenters. The second-order valence-electron chi connectivity index (χ2n) is 5.78. The first-order valence-corrected chi connectivity index (χ1v) is 9.74. The summed E-state index contributed by atoms with van der Waals surface area (Å²) in [6, 6.07) is 6.75. The number of piperazine rings is 1. The number of halogens is 1. The molecule has 0 saturated carbocycles. The Labute approximate surface area is 140 Å². The number of hydrogen-bond acceptors (Lipinski definition) is 4. The van der Waals surface area contributed by atoms with Gasteiger partial charge < -0.3 is 10.2 Å². The van der Waals surface area contributed by atoms with E-state index in [0.29, 0.717) is 13.1 Å². The number of carbonyl (C=O) groups is 1. The standard InChI is InChI=1S/C15H21BrN2O3S/c1-11(15(19)18-8-7-17-12(2)9-18)10-22(20,21)14-5-3-13(16)4-6-14/h3-6,11-12,17H,7-10H2,1-2H3. The molecule has 1 heterocycles. The molecule has 1 aromatic carbocycles. The zero-order chi connectivity index (χ0) is 16.3. The highest BCUT2D eigenvalue weighted by molar-refractivity contribution is 9.10. The molecule has 1 amide bonds. The first-order valence-electron chi connectivity index (χ1n) is 7.30. The van der Waals surface area contributed by atoms with Gasteiger partial charge >= 0.3 is 0 Å². The van der Waals surface area contributed by atoms with Gasteiger partial charge in [-0.05, 0) is 31.2 Å². The Morgan fingerprint density at radius 1 is 1.41 bits per heavy atom. The van der Waals surface area contributed by atoms with E-state index in [0.717, 1.165) is 11.0 Å². The van der Waals surface area contributed by atoms with E-state index >= 15 is 0 Å².